The summed E-state index contributed by atoms with van der Waals surface area (Å²) in [5.41, 5.74) is 2.53. The summed E-state index contributed by atoms with van der Waals surface area (Å²) in [6.45, 7) is 0. The number of benzene rings is 3. The van der Waals surface area contributed by atoms with Gasteiger partial charge < -0.3 is 10.1 Å². The zero-order chi connectivity index (χ0) is 24.7. The zero-order valence-corrected chi connectivity index (χ0v) is 21.6. The Bertz CT molecular complexity index is 1250. The second-order valence-electron chi connectivity index (χ2n) is 7.72. The zero-order valence-electron chi connectivity index (χ0n) is 19.2. The topological polar surface area (TPSA) is 75.7 Å². The van der Waals surface area contributed by atoms with Crippen molar-refractivity contribution in [3.63, 3.8) is 0 Å². The van der Waals surface area contributed by atoms with Crippen molar-refractivity contribution in [2.24, 2.45) is 0 Å². The van der Waals surface area contributed by atoms with Crippen LogP contribution in [0.1, 0.15) is 17.5 Å². The van der Waals surface area contributed by atoms with Crippen LogP contribution in [0.3, 0.4) is 0 Å². The SMILES string of the molecule is COc1ccc(S(=O)(=O)N(C)C)cc1CCC(=O)Nc1ccccc1SCc1ccc(Cl)cc1. The van der Waals surface area contributed by atoms with Crippen molar-refractivity contribution in [3.05, 3.63) is 82.9 Å². The van der Waals surface area contributed by atoms with E-state index in [1.54, 1.807) is 23.9 Å². The highest BCUT2D eigenvalue weighted by Gasteiger charge is 2.19. The molecule has 0 bridgehead atoms. The molecule has 6 nitrogen and oxygen atoms in total. The maximum absolute atomic E-state index is 12.7. The third-order valence-electron chi connectivity index (χ3n) is 5.12. The molecule has 0 aromatic heterocycles. The van der Waals surface area contributed by atoms with E-state index >= 15 is 0 Å². The number of hydrogen-bond donors (Lipinski definition) is 1. The van der Waals surface area contributed by atoms with Gasteiger partial charge in [-0.3, -0.25) is 4.79 Å². The van der Waals surface area contributed by atoms with E-state index < -0.39 is 10.0 Å². The molecule has 0 radical (unpaired) electrons. The van der Waals surface area contributed by atoms with Gasteiger partial charge in [-0.1, -0.05) is 35.9 Å². The van der Waals surface area contributed by atoms with Crippen LogP contribution in [0.25, 0.3) is 0 Å². The maximum Gasteiger partial charge on any atom is 0.242 e. The lowest BCUT2D eigenvalue weighted by Crippen LogP contribution is -2.22. The van der Waals surface area contributed by atoms with Crippen LogP contribution in [0, 0.1) is 0 Å². The molecule has 0 unspecified atom stereocenters. The number of nitrogens with zero attached hydrogens (tertiary/aromatic N) is 1. The Morgan fingerprint density at radius 1 is 1.06 bits per heavy atom. The van der Waals surface area contributed by atoms with Crippen molar-refractivity contribution in [2.75, 3.05) is 26.5 Å². The van der Waals surface area contributed by atoms with Gasteiger partial charge in [-0.05, 0) is 60.0 Å². The fourth-order valence-corrected chi connectivity index (χ4v) is 5.26. The summed E-state index contributed by atoms with van der Waals surface area (Å²) < 4.78 is 31.5. The van der Waals surface area contributed by atoms with Crippen LogP contribution < -0.4 is 10.1 Å². The molecule has 0 spiro atoms. The quantitative estimate of drug-likeness (QED) is 0.360. The van der Waals surface area contributed by atoms with Gasteiger partial charge in [0, 0.05) is 36.2 Å². The first-order valence-corrected chi connectivity index (χ1v) is 13.4. The maximum atomic E-state index is 12.7. The molecule has 0 atom stereocenters. The molecule has 0 aliphatic heterocycles. The van der Waals surface area contributed by atoms with Crippen LogP contribution in [0.5, 0.6) is 5.75 Å². The lowest BCUT2D eigenvalue weighted by atomic mass is 10.1. The summed E-state index contributed by atoms with van der Waals surface area (Å²) in [6.07, 6.45) is 0.518. The molecule has 0 heterocycles. The first-order chi connectivity index (χ1) is 16.2. The Labute approximate surface area is 210 Å². The molecule has 1 amide bonds. The Kier molecular flexibility index (Phi) is 9.02. The number of halogens is 1. The van der Waals surface area contributed by atoms with Gasteiger partial charge in [-0.2, -0.15) is 0 Å². The summed E-state index contributed by atoms with van der Waals surface area (Å²) in [5, 5.41) is 3.68. The second-order valence-corrected chi connectivity index (χ2v) is 11.3. The van der Waals surface area contributed by atoms with Crippen LogP contribution in [0.2, 0.25) is 5.02 Å². The number of carbonyl (C=O) groups excluding carboxylic acids is 1. The minimum absolute atomic E-state index is 0.164. The molecule has 1 N–H and O–H groups in total. The molecule has 0 aliphatic rings. The standard InChI is InChI=1S/C25H27ClN2O4S2/c1-28(2)34(30,31)21-13-14-23(32-3)19(16-21)10-15-25(29)27-22-6-4-5-7-24(22)33-17-18-8-11-20(26)12-9-18/h4-9,11-14,16H,10,15,17H2,1-3H3,(H,27,29). The normalized spacial score (nSPS) is 11.4. The Balaban J connectivity index is 1.67. The number of carbonyl (C=O) groups is 1. The average Bonchev–Trinajstić information content (AvgIpc) is 2.83. The highest BCUT2D eigenvalue weighted by atomic mass is 35.5. The molecular weight excluding hydrogens is 492 g/mol. The third kappa shape index (κ3) is 6.76. The highest BCUT2D eigenvalue weighted by Crippen LogP contribution is 2.31. The van der Waals surface area contributed by atoms with E-state index in [0.717, 1.165) is 26.2 Å². The molecule has 9 heteroatoms. The van der Waals surface area contributed by atoms with Gasteiger partial charge in [0.15, 0.2) is 0 Å². The van der Waals surface area contributed by atoms with Gasteiger partial charge in [-0.15, -0.1) is 11.8 Å². The van der Waals surface area contributed by atoms with E-state index in [-0.39, 0.29) is 17.2 Å². The van der Waals surface area contributed by atoms with Crippen molar-refractivity contribution < 1.29 is 17.9 Å². The van der Waals surface area contributed by atoms with Gasteiger partial charge in [0.1, 0.15) is 5.75 Å². The van der Waals surface area contributed by atoms with Crippen molar-refractivity contribution in [1.29, 1.82) is 0 Å². The molecule has 0 saturated carbocycles. The predicted molar refractivity (Wildman–Crippen MR) is 138 cm³/mol. The first-order valence-electron chi connectivity index (χ1n) is 10.6. The fourth-order valence-electron chi connectivity index (χ4n) is 3.22. The van der Waals surface area contributed by atoms with Crippen molar-refractivity contribution in [3.8, 4) is 5.75 Å². The van der Waals surface area contributed by atoms with Gasteiger partial charge in [-0.25, -0.2) is 12.7 Å². The summed E-state index contributed by atoms with van der Waals surface area (Å²) in [7, 11) is 0.902. The fraction of sp³-hybridized carbons (Fsp3) is 0.240. The van der Waals surface area contributed by atoms with Crippen LogP contribution in [-0.4, -0.2) is 39.8 Å². The predicted octanol–water partition coefficient (Wildman–Crippen LogP) is 5.46. The van der Waals surface area contributed by atoms with Crippen molar-refractivity contribution in [2.45, 2.75) is 28.4 Å². The summed E-state index contributed by atoms with van der Waals surface area (Å²) in [6, 6.07) is 20.0. The van der Waals surface area contributed by atoms with E-state index in [4.69, 9.17) is 16.3 Å². The molecular formula is C25H27ClN2O4S2. The van der Waals surface area contributed by atoms with E-state index in [9.17, 15) is 13.2 Å². The third-order valence-corrected chi connectivity index (χ3v) is 8.33. The Hall–Kier alpha value is -2.52. The van der Waals surface area contributed by atoms with Crippen molar-refractivity contribution >= 4 is 45.0 Å². The van der Waals surface area contributed by atoms with Crippen molar-refractivity contribution in [1.82, 2.24) is 4.31 Å². The van der Waals surface area contributed by atoms with Crippen LogP contribution in [-0.2, 0) is 27.0 Å². The van der Waals surface area contributed by atoms with E-state index in [1.165, 1.54) is 27.3 Å². The Morgan fingerprint density at radius 3 is 2.44 bits per heavy atom. The van der Waals surface area contributed by atoms with E-state index in [2.05, 4.69) is 5.32 Å². The number of rotatable bonds is 10. The molecule has 3 rings (SSSR count). The van der Waals surface area contributed by atoms with E-state index in [1.807, 2.05) is 48.5 Å². The Morgan fingerprint density at radius 2 is 1.76 bits per heavy atom. The van der Waals surface area contributed by atoms with Gasteiger partial charge in [0.05, 0.1) is 17.7 Å². The molecule has 180 valence electrons. The monoisotopic (exact) mass is 518 g/mol. The lowest BCUT2D eigenvalue weighted by molar-refractivity contribution is -0.116. The number of nitrogens with one attached hydrogen (secondary N) is 1. The number of hydrogen-bond acceptors (Lipinski definition) is 5. The van der Waals surface area contributed by atoms with Gasteiger partial charge >= 0.3 is 0 Å². The number of methoxy groups -OCH3 is 1. The highest BCUT2D eigenvalue weighted by molar-refractivity contribution is 7.98. The van der Waals surface area contributed by atoms with Crippen LogP contribution in [0.15, 0.2) is 76.5 Å². The molecule has 0 aliphatic carbocycles. The number of ether oxygens (including phenoxy) is 1. The molecule has 3 aromatic rings. The smallest absolute Gasteiger partial charge is 0.242 e. The first kappa shape index (κ1) is 26.1. The number of aryl methyl sites for hydroxylation is 1. The van der Waals surface area contributed by atoms with Crippen LogP contribution in [0.4, 0.5) is 5.69 Å². The number of thioether (sulfide) groups is 1. The van der Waals surface area contributed by atoms with Crippen LogP contribution >= 0.6 is 23.4 Å². The van der Waals surface area contributed by atoms with E-state index in [0.29, 0.717) is 22.8 Å². The minimum Gasteiger partial charge on any atom is -0.496 e. The largest absolute Gasteiger partial charge is 0.496 e. The number of amides is 1. The molecule has 34 heavy (non-hydrogen) atoms. The molecule has 0 saturated heterocycles. The number of para-hydroxylation sites is 1. The second kappa shape index (κ2) is 11.8. The average molecular weight is 519 g/mol. The summed E-state index contributed by atoms with van der Waals surface area (Å²) >= 11 is 7.58. The lowest BCUT2D eigenvalue weighted by Gasteiger charge is -2.15. The number of anilines is 1. The summed E-state index contributed by atoms with van der Waals surface area (Å²) in [5.74, 6) is 1.13. The van der Waals surface area contributed by atoms with Gasteiger partial charge in [0.25, 0.3) is 0 Å². The molecule has 3 aromatic carbocycles. The van der Waals surface area contributed by atoms with Gasteiger partial charge in [0.2, 0.25) is 15.9 Å². The number of sulfonamides is 1. The molecule has 0 fully saturated rings. The minimum atomic E-state index is -3.58. The summed E-state index contributed by atoms with van der Waals surface area (Å²) in [4.78, 5) is 13.9.